The van der Waals surface area contributed by atoms with Gasteiger partial charge in [0.2, 0.25) is 0 Å². The number of piperidine rings is 1. The summed E-state index contributed by atoms with van der Waals surface area (Å²) in [5, 5.41) is 5.67. The Morgan fingerprint density at radius 3 is 2.80 bits per heavy atom. The number of carbonyl (C=O) groups is 3. The number of hydrogen-bond donors (Lipinski definition) is 2. The van der Waals surface area contributed by atoms with Gasteiger partial charge in [-0.1, -0.05) is 13.8 Å². The van der Waals surface area contributed by atoms with Crippen molar-refractivity contribution in [3.63, 3.8) is 0 Å². The number of amides is 3. The van der Waals surface area contributed by atoms with Crippen LogP contribution in [0, 0.1) is 5.82 Å². The summed E-state index contributed by atoms with van der Waals surface area (Å²) in [6, 6.07) is 8.14. The molecule has 3 aromatic rings. The predicted octanol–water partition coefficient (Wildman–Crippen LogP) is 3.05. The maximum absolute atomic E-state index is 14.5. The van der Waals surface area contributed by atoms with Crippen molar-refractivity contribution in [3.05, 3.63) is 71.2 Å². The second-order valence-corrected chi connectivity index (χ2v) is 10.2. The molecular weight excluding hydrogens is 535 g/mol. The van der Waals surface area contributed by atoms with E-state index in [9.17, 15) is 18.8 Å². The number of rotatable bonds is 3. The molecule has 1 saturated heterocycles. The first-order valence-electron chi connectivity index (χ1n) is 13.3. The molecule has 0 saturated carbocycles. The fourth-order valence-corrected chi connectivity index (χ4v) is 4.91. The van der Waals surface area contributed by atoms with E-state index in [2.05, 4.69) is 15.6 Å². The highest BCUT2D eigenvalue weighted by Gasteiger charge is 2.36. The molecule has 0 radical (unpaired) electrons. The summed E-state index contributed by atoms with van der Waals surface area (Å²) in [6.45, 7) is 3.96. The van der Waals surface area contributed by atoms with Crippen LogP contribution in [0.3, 0.4) is 0 Å². The fraction of sp³-hybridized carbons (Fsp3) is 0.379. The first-order valence-corrected chi connectivity index (χ1v) is 13.3. The standard InChI is InChI=1S/C29H31FN4O7/c1-16(2)27-26(32-15-40-27)29(37)34-7-6-22-21(13-34)33-28(36)18-4-5-23(38-3)24(10-18)39-14-25(35)31-12-17-8-19(30)11-20(9-17)41-22/h4-5,8-11,15-16,21-22H,6-7,12-14H2,1-3H3,(H,31,35)(H,33,36)/t21-,22+/m0/s1. The molecule has 2 aliphatic rings. The second kappa shape index (κ2) is 11.9. The maximum Gasteiger partial charge on any atom is 0.276 e. The van der Waals surface area contributed by atoms with Gasteiger partial charge in [-0.2, -0.15) is 0 Å². The van der Waals surface area contributed by atoms with Crippen LogP contribution in [-0.2, 0) is 11.3 Å². The molecule has 2 aromatic carbocycles. The zero-order valence-electron chi connectivity index (χ0n) is 22.9. The van der Waals surface area contributed by atoms with Crippen LogP contribution in [0.1, 0.15) is 58.4 Å². The average molecular weight is 567 g/mol. The molecule has 5 rings (SSSR count). The lowest BCUT2D eigenvalue weighted by Gasteiger charge is -2.38. The smallest absolute Gasteiger partial charge is 0.276 e. The molecular formula is C29H31FN4O7. The third-order valence-electron chi connectivity index (χ3n) is 6.97. The number of benzene rings is 2. The number of nitrogens with zero attached hydrogens (tertiary/aromatic N) is 2. The monoisotopic (exact) mass is 566 g/mol. The van der Waals surface area contributed by atoms with Gasteiger partial charge in [0.05, 0.1) is 13.2 Å². The minimum absolute atomic E-state index is 0.0434. The highest BCUT2D eigenvalue weighted by Crippen LogP contribution is 2.29. The topological polar surface area (TPSA) is 132 Å². The van der Waals surface area contributed by atoms with Crippen molar-refractivity contribution < 1.29 is 37.4 Å². The molecule has 216 valence electrons. The Morgan fingerprint density at radius 2 is 2.02 bits per heavy atom. The largest absolute Gasteiger partial charge is 0.493 e. The van der Waals surface area contributed by atoms with Gasteiger partial charge in [-0.15, -0.1) is 0 Å². The molecule has 1 fully saturated rings. The SMILES string of the molecule is COc1ccc2cc1OCC(=O)NCc1cc(F)cc(c1)O[C@@H]1CCN(C(=O)c3ncoc3C(C)C)C[C@@H]1NC2=O. The average Bonchev–Trinajstić information content (AvgIpc) is 3.45. The number of aromatic nitrogens is 1. The predicted molar refractivity (Wildman–Crippen MR) is 144 cm³/mol. The van der Waals surface area contributed by atoms with Crippen LogP contribution < -0.4 is 24.8 Å². The van der Waals surface area contributed by atoms with Crippen LogP contribution >= 0.6 is 0 Å². The number of halogens is 1. The van der Waals surface area contributed by atoms with Crippen LogP contribution in [0.15, 0.2) is 47.2 Å². The Balaban J connectivity index is 1.47. The lowest BCUT2D eigenvalue weighted by molar-refractivity contribution is -0.123. The molecule has 0 spiro atoms. The molecule has 0 unspecified atom stereocenters. The molecule has 4 bridgehead atoms. The first kappa shape index (κ1) is 27.9. The van der Waals surface area contributed by atoms with Gasteiger partial charge in [-0.3, -0.25) is 14.4 Å². The highest BCUT2D eigenvalue weighted by molar-refractivity contribution is 5.96. The molecule has 2 atom stereocenters. The van der Waals surface area contributed by atoms with Crippen molar-refractivity contribution in [1.82, 2.24) is 20.5 Å². The van der Waals surface area contributed by atoms with Crippen molar-refractivity contribution in [2.75, 3.05) is 26.8 Å². The lowest BCUT2D eigenvalue weighted by Crippen LogP contribution is -2.58. The van der Waals surface area contributed by atoms with Gasteiger partial charge < -0.3 is 34.2 Å². The van der Waals surface area contributed by atoms with Gasteiger partial charge in [0, 0.05) is 43.6 Å². The van der Waals surface area contributed by atoms with Gasteiger partial charge in [-0.25, -0.2) is 9.37 Å². The number of likely N-dealkylation sites (tertiary alicyclic amines) is 1. The number of fused-ring (bicyclic) bond motifs is 5. The van der Waals surface area contributed by atoms with Crippen molar-refractivity contribution in [3.8, 4) is 17.2 Å². The van der Waals surface area contributed by atoms with E-state index >= 15 is 0 Å². The summed E-state index contributed by atoms with van der Waals surface area (Å²) in [6.07, 6.45) is 1.02. The molecule has 2 N–H and O–H groups in total. The van der Waals surface area contributed by atoms with Crippen LogP contribution in [0.2, 0.25) is 0 Å². The van der Waals surface area contributed by atoms with Gasteiger partial charge in [0.1, 0.15) is 23.4 Å². The van der Waals surface area contributed by atoms with Crippen molar-refractivity contribution in [2.24, 2.45) is 0 Å². The maximum atomic E-state index is 14.5. The summed E-state index contributed by atoms with van der Waals surface area (Å²) < 4.78 is 37.1. The summed E-state index contributed by atoms with van der Waals surface area (Å²) in [5.41, 5.74) is 0.968. The number of ether oxygens (including phenoxy) is 3. The van der Waals surface area contributed by atoms with Crippen LogP contribution in [0.4, 0.5) is 4.39 Å². The van der Waals surface area contributed by atoms with Crippen LogP contribution in [0.25, 0.3) is 0 Å². The third-order valence-corrected chi connectivity index (χ3v) is 6.97. The van der Waals surface area contributed by atoms with Crippen LogP contribution in [0.5, 0.6) is 17.2 Å². The summed E-state index contributed by atoms with van der Waals surface area (Å²) in [4.78, 5) is 45.0. The van der Waals surface area contributed by atoms with Gasteiger partial charge in [-0.05, 0) is 35.9 Å². The van der Waals surface area contributed by atoms with Gasteiger partial charge >= 0.3 is 0 Å². The van der Waals surface area contributed by atoms with E-state index in [1.807, 2.05) is 13.8 Å². The number of oxazole rings is 1. The summed E-state index contributed by atoms with van der Waals surface area (Å²) >= 11 is 0. The Bertz CT molecular complexity index is 1460. The van der Waals surface area contributed by atoms with Crippen LogP contribution in [-0.4, -0.2) is 66.6 Å². The summed E-state index contributed by atoms with van der Waals surface area (Å²) in [5.74, 6) is -0.511. The molecule has 0 aliphatic carbocycles. The Labute approximate surface area is 236 Å². The zero-order valence-corrected chi connectivity index (χ0v) is 22.9. The second-order valence-electron chi connectivity index (χ2n) is 10.2. The van der Waals surface area contributed by atoms with E-state index in [4.69, 9.17) is 18.6 Å². The fourth-order valence-electron chi connectivity index (χ4n) is 4.91. The van der Waals surface area contributed by atoms with E-state index in [0.717, 1.165) is 0 Å². The number of carbonyl (C=O) groups excluding carboxylic acids is 3. The minimum atomic E-state index is -0.652. The highest BCUT2D eigenvalue weighted by atomic mass is 19.1. The Morgan fingerprint density at radius 1 is 1.20 bits per heavy atom. The third kappa shape index (κ3) is 6.26. The van der Waals surface area contributed by atoms with E-state index in [1.54, 1.807) is 23.1 Å². The summed E-state index contributed by atoms with van der Waals surface area (Å²) in [7, 11) is 1.45. The lowest BCUT2D eigenvalue weighted by atomic mass is 9.99. The molecule has 12 heteroatoms. The molecule has 11 nitrogen and oxygen atoms in total. The molecule has 41 heavy (non-hydrogen) atoms. The van der Waals surface area contributed by atoms with E-state index in [0.29, 0.717) is 30.0 Å². The number of nitrogens with one attached hydrogen (secondary N) is 2. The molecule has 2 aliphatic heterocycles. The van der Waals surface area contributed by atoms with Crippen molar-refractivity contribution in [2.45, 2.75) is 44.9 Å². The Kier molecular flexibility index (Phi) is 8.09. The molecule has 3 amide bonds. The van der Waals surface area contributed by atoms with Crippen molar-refractivity contribution in [1.29, 1.82) is 0 Å². The van der Waals surface area contributed by atoms with Gasteiger partial charge in [0.15, 0.2) is 30.2 Å². The van der Waals surface area contributed by atoms with Gasteiger partial charge in [0.25, 0.3) is 17.7 Å². The van der Waals surface area contributed by atoms with E-state index in [-0.39, 0.29) is 54.3 Å². The normalized spacial score (nSPS) is 19.4. The van der Waals surface area contributed by atoms with Crippen molar-refractivity contribution >= 4 is 17.7 Å². The number of methoxy groups -OCH3 is 1. The quantitative estimate of drug-likeness (QED) is 0.495. The Hall–Kier alpha value is -4.61. The zero-order chi connectivity index (χ0) is 29.1. The first-order chi connectivity index (χ1) is 19.7. The molecule has 3 heterocycles. The minimum Gasteiger partial charge on any atom is -0.493 e. The molecule has 1 aromatic heterocycles. The number of hydrogen-bond acceptors (Lipinski definition) is 8. The van der Waals surface area contributed by atoms with E-state index in [1.165, 1.54) is 31.7 Å². The van der Waals surface area contributed by atoms with E-state index < -0.39 is 29.8 Å².